The van der Waals surface area contributed by atoms with Crippen molar-refractivity contribution in [1.82, 2.24) is 15.5 Å². The van der Waals surface area contributed by atoms with Gasteiger partial charge in [-0.3, -0.25) is 9.89 Å². The first-order chi connectivity index (χ1) is 9.69. The van der Waals surface area contributed by atoms with Crippen molar-refractivity contribution in [2.45, 2.75) is 19.3 Å². The van der Waals surface area contributed by atoms with E-state index in [9.17, 15) is 9.18 Å². The van der Waals surface area contributed by atoms with E-state index in [0.717, 1.165) is 35.4 Å². The standard InChI is InChI=1S/C15H16FN3O/c1-17-15(20)10-5-6-13-12(8-10)14(19-18-13)9-3-2-4-11(16)7-9/h2-4,7,10H,5-6,8H2,1H3,(H,17,20)(H,18,19). The Kier molecular flexibility index (Phi) is 3.26. The van der Waals surface area contributed by atoms with E-state index >= 15 is 0 Å². The van der Waals surface area contributed by atoms with Crippen LogP contribution in [0.4, 0.5) is 4.39 Å². The molecule has 5 heteroatoms. The number of aromatic nitrogens is 2. The summed E-state index contributed by atoms with van der Waals surface area (Å²) in [5.74, 6) is -0.252. The fraction of sp³-hybridized carbons (Fsp3) is 0.333. The average molecular weight is 273 g/mol. The Bertz CT molecular complexity index is 650. The normalized spacial score (nSPS) is 17.6. The first-order valence-electron chi connectivity index (χ1n) is 6.72. The van der Waals surface area contributed by atoms with Crippen LogP contribution >= 0.6 is 0 Å². The van der Waals surface area contributed by atoms with E-state index in [1.165, 1.54) is 12.1 Å². The molecule has 0 aliphatic heterocycles. The van der Waals surface area contributed by atoms with Gasteiger partial charge in [-0.25, -0.2) is 4.39 Å². The van der Waals surface area contributed by atoms with Gasteiger partial charge in [0.1, 0.15) is 5.82 Å². The van der Waals surface area contributed by atoms with Crippen LogP contribution in [0.3, 0.4) is 0 Å². The minimum atomic E-state index is -0.280. The van der Waals surface area contributed by atoms with Gasteiger partial charge in [0, 0.05) is 29.8 Å². The van der Waals surface area contributed by atoms with E-state index in [0.29, 0.717) is 6.42 Å². The van der Waals surface area contributed by atoms with Crippen molar-refractivity contribution in [3.8, 4) is 11.3 Å². The number of halogens is 1. The van der Waals surface area contributed by atoms with Crippen LogP contribution in [0.15, 0.2) is 24.3 Å². The first-order valence-corrected chi connectivity index (χ1v) is 6.72. The summed E-state index contributed by atoms with van der Waals surface area (Å²) in [7, 11) is 1.65. The lowest BCUT2D eigenvalue weighted by atomic mass is 9.85. The highest BCUT2D eigenvalue weighted by molar-refractivity contribution is 5.79. The van der Waals surface area contributed by atoms with Gasteiger partial charge in [0.2, 0.25) is 5.91 Å². The number of amides is 1. The zero-order chi connectivity index (χ0) is 14.1. The largest absolute Gasteiger partial charge is 0.359 e. The predicted molar refractivity (Wildman–Crippen MR) is 73.6 cm³/mol. The Hall–Kier alpha value is -2.17. The predicted octanol–water partition coefficient (Wildman–Crippen LogP) is 2.07. The number of fused-ring (bicyclic) bond motifs is 1. The number of aromatic amines is 1. The van der Waals surface area contributed by atoms with Gasteiger partial charge in [-0.15, -0.1) is 0 Å². The molecule has 1 aromatic heterocycles. The zero-order valence-electron chi connectivity index (χ0n) is 11.2. The molecule has 0 saturated carbocycles. The molecule has 1 aliphatic carbocycles. The van der Waals surface area contributed by atoms with Crippen molar-refractivity contribution in [3.63, 3.8) is 0 Å². The van der Waals surface area contributed by atoms with E-state index in [4.69, 9.17) is 0 Å². The van der Waals surface area contributed by atoms with Crippen molar-refractivity contribution in [2.75, 3.05) is 7.05 Å². The lowest BCUT2D eigenvalue weighted by Gasteiger charge is -2.20. The molecule has 1 amide bonds. The molecule has 3 rings (SSSR count). The summed E-state index contributed by atoms with van der Waals surface area (Å²) >= 11 is 0. The van der Waals surface area contributed by atoms with Gasteiger partial charge in [-0.05, 0) is 31.4 Å². The molecule has 0 saturated heterocycles. The maximum atomic E-state index is 13.3. The molecule has 2 N–H and O–H groups in total. The molecule has 0 bridgehead atoms. The number of H-pyrrole nitrogens is 1. The Morgan fingerprint density at radius 3 is 3.10 bits per heavy atom. The van der Waals surface area contributed by atoms with Crippen LogP contribution in [0, 0.1) is 11.7 Å². The smallest absolute Gasteiger partial charge is 0.223 e. The van der Waals surface area contributed by atoms with Gasteiger partial charge >= 0.3 is 0 Å². The quantitative estimate of drug-likeness (QED) is 0.880. The summed E-state index contributed by atoms with van der Waals surface area (Å²) in [5.41, 5.74) is 3.60. The third-order valence-electron chi connectivity index (χ3n) is 3.86. The van der Waals surface area contributed by atoms with E-state index in [1.807, 2.05) is 6.07 Å². The van der Waals surface area contributed by atoms with Crippen LogP contribution < -0.4 is 5.32 Å². The van der Waals surface area contributed by atoms with Crippen LogP contribution in [0.5, 0.6) is 0 Å². The van der Waals surface area contributed by atoms with Crippen molar-refractivity contribution >= 4 is 5.91 Å². The van der Waals surface area contributed by atoms with Crippen molar-refractivity contribution in [1.29, 1.82) is 0 Å². The molecule has 0 radical (unpaired) electrons. The van der Waals surface area contributed by atoms with Gasteiger partial charge in [0.05, 0.1) is 5.69 Å². The van der Waals surface area contributed by atoms with E-state index < -0.39 is 0 Å². The maximum Gasteiger partial charge on any atom is 0.223 e. The molecule has 1 heterocycles. The van der Waals surface area contributed by atoms with Gasteiger partial charge in [-0.1, -0.05) is 12.1 Å². The van der Waals surface area contributed by atoms with E-state index in [-0.39, 0.29) is 17.6 Å². The molecule has 4 nitrogen and oxygen atoms in total. The monoisotopic (exact) mass is 273 g/mol. The van der Waals surface area contributed by atoms with Crippen LogP contribution in [0.25, 0.3) is 11.3 Å². The van der Waals surface area contributed by atoms with Crippen molar-refractivity contribution in [3.05, 3.63) is 41.3 Å². The number of hydrogen-bond acceptors (Lipinski definition) is 2. The van der Waals surface area contributed by atoms with Gasteiger partial charge in [0.15, 0.2) is 0 Å². The number of hydrogen-bond donors (Lipinski definition) is 2. The van der Waals surface area contributed by atoms with E-state index in [2.05, 4.69) is 15.5 Å². The lowest BCUT2D eigenvalue weighted by Crippen LogP contribution is -2.31. The van der Waals surface area contributed by atoms with E-state index in [1.54, 1.807) is 13.1 Å². The number of benzene rings is 1. The fourth-order valence-electron chi connectivity index (χ4n) is 2.80. The molecular formula is C15H16FN3O. The minimum Gasteiger partial charge on any atom is -0.359 e. The molecule has 20 heavy (non-hydrogen) atoms. The fourth-order valence-corrected chi connectivity index (χ4v) is 2.80. The van der Waals surface area contributed by atoms with Crippen LogP contribution in [0.1, 0.15) is 17.7 Å². The second kappa shape index (κ2) is 5.07. The lowest BCUT2D eigenvalue weighted by molar-refractivity contribution is -0.124. The Morgan fingerprint density at radius 1 is 1.50 bits per heavy atom. The van der Waals surface area contributed by atoms with Gasteiger partial charge in [-0.2, -0.15) is 5.10 Å². The Labute approximate surface area is 116 Å². The topological polar surface area (TPSA) is 57.8 Å². The highest BCUT2D eigenvalue weighted by atomic mass is 19.1. The molecule has 1 unspecified atom stereocenters. The highest BCUT2D eigenvalue weighted by Gasteiger charge is 2.28. The van der Waals surface area contributed by atoms with Gasteiger partial charge in [0.25, 0.3) is 0 Å². The van der Waals surface area contributed by atoms with Crippen LogP contribution in [-0.4, -0.2) is 23.2 Å². The number of carbonyl (C=O) groups excluding carboxylic acids is 1. The summed E-state index contributed by atoms with van der Waals surface area (Å²) < 4.78 is 13.3. The zero-order valence-corrected chi connectivity index (χ0v) is 11.2. The first kappa shape index (κ1) is 12.8. The second-order valence-corrected chi connectivity index (χ2v) is 5.09. The highest BCUT2D eigenvalue weighted by Crippen LogP contribution is 2.32. The molecule has 1 atom stereocenters. The maximum absolute atomic E-state index is 13.3. The van der Waals surface area contributed by atoms with Crippen LogP contribution in [0.2, 0.25) is 0 Å². The summed E-state index contributed by atoms with van der Waals surface area (Å²) in [4.78, 5) is 11.8. The number of aryl methyl sites for hydroxylation is 1. The summed E-state index contributed by atoms with van der Waals surface area (Å²) in [6.07, 6.45) is 2.27. The van der Waals surface area contributed by atoms with Gasteiger partial charge < -0.3 is 5.32 Å². The molecule has 1 aromatic carbocycles. The molecule has 104 valence electrons. The third kappa shape index (κ3) is 2.19. The van der Waals surface area contributed by atoms with Crippen molar-refractivity contribution in [2.24, 2.45) is 5.92 Å². The molecule has 0 fully saturated rings. The Balaban J connectivity index is 1.97. The third-order valence-corrected chi connectivity index (χ3v) is 3.86. The SMILES string of the molecule is CNC(=O)C1CCc2[nH]nc(-c3cccc(F)c3)c2C1. The second-order valence-electron chi connectivity index (χ2n) is 5.09. The Morgan fingerprint density at radius 2 is 2.35 bits per heavy atom. The molecule has 0 spiro atoms. The number of rotatable bonds is 2. The minimum absolute atomic E-state index is 0.0302. The molecular weight excluding hydrogens is 257 g/mol. The molecule has 2 aromatic rings. The number of nitrogens with one attached hydrogen (secondary N) is 2. The molecule has 1 aliphatic rings. The average Bonchev–Trinajstić information content (AvgIpc) is 2.89. The number of nitrogens with zero attached hydrogens (tertiary/aromatic N) is 1. The number of carbonyl (C=O) groups is 1. The van der Waals surface area contributed by atoms with Crippen LogP contribution in [-0.2, 0) is 17.6 Å². The summed E-state index contributed by atoms with van der Waals surface area (Å²) in [6.45, 7) is 0. The van der Waals surface area contributed by atoms with Crippen molar-refractivity contribution < 1.29 is 9.18 Å². The summed E-state index contributed by atoms with van der Waals surface area (Å²) in [6, 6.07) is 6.39. The summed E-state index contributed by atoms with van der Waals surface area (Å²) in [5, 5.41) is 10.0.